The van der Waals surface area contributed by atoms with Crippen molar-refractivity contribution in [2.45, 2.75) is 39.8 Å². The Hall–Kier alpha value is -0.160. The van der Waals surface area contributed by atoms with Crippen molar-refractivity contribution >= 4 is 0 Å². The van der Waals surface area contributed by atoms with Crippen LogP contribution >= 0.6 is 0 Å². The van der Waals surface area contributed by atoms with E-state index >= 15 is 0 Å². The van der Waals surface area contributed by atoms with Crippen LogP contribution in [0.1, 0.15) is 27.7 Å². The second-order valence-corrected chi connectivity index (χ2v) is 4.18. The Morgan fingerprint density at radius 2 is 1.00 bits per heavy atom. The number of nitrogens with two attached hydrogens (primary N) is 2. The summed E-state index contributed by atoms with van der Waals surface area (Å²) in [5, 5.41) is 16.8. The average Bonchev–Trinajstić information content (AvgIpc) is 2.15. The first kappa shape index (κ1) is 16.3. The fraction of sp³-hybridized carbons (Fsp3) is 1.00. The summed E-state index contributed by atoms with van der Waals surface area (Å²) in [7, 11) is 0. The third kappa shape index (κ3) is 9.92. The molecule has 0 heterocycles. The van der Waals surface area contributed by atoms with Gasteiger partial charge in [-0.15, -0.1) is 0 Å². The van der Waals surface area contributed by atoms with Crippen molar-refractivity contribution in [2.75, 3.05) is 13.2 Å². The zero-order valence-electron chi connectivity index (χ0n) is 9.77. The van der Waals surface area contributed by atoms with Crippen LogP contribution in [0.25, 0.3) is 0 Å². The van der Waals surface area contributed by atoms with Crippen molar-refractivity contribution in [1.29, 1.82) is 0 Å². The highest BCUT2D eigenvalue weighted by atomic mass is 16.3. The molecule has 0 aromatic carbocycles. The minimum absolute atomic E-state index is 0.0417. The van der Waals surface area contributed by atoms with E-state index in [1.807, 2.05) is 27.7 Å². The Bertz CT molecular complexity index is 105. The molecule has 0 aliphatic heterocycles. The van der Waals surface area contributed by atoms with Crippen LogP contribution in [0.4, 0.5) is 0 Å². The van der Waals surface area contributed by atoms with Crippen LogP contribution in [0.3, 0.4) is 0 Å². The first-order valence-corrected chi connectivity index (χ1v) is 5.09. The summed E-state index contributed by atoms with van der Waals surface area (Å²) in [5.41, 5.74) is 10.7. The molecule has 0 aliphatic rings. The van der Waals surface area contributed by atoms with Crippen LogP contribution in [0, 0.1) is 11.8 Å². The van der Waals surface area contributed by atoms with Crippen molar-refractivity contribution in [2.24, 2.45) is 23.3 Å². The molecule has 2 atom stereocenters. The maximum absolute atomic E-state index is 8.38. The van der Waals surface area contributed by atoms with Crippen LogP contribution in [-0.2, 0) is 0 Å². The number of aliphatic hydroxyl groups is 2. The molecule has 4 heteroatoms. The molecule has 0 spiro atoms. The van der Waals surface area contributed by atoms with Crippen molar-refractivity contribution < 1.29 is 10.2 Å². The van der Waals surface area contributed by atoms with E-state index in [0.717, 1.165) is 0 Å². The fourth-order valence-corrected chi connectivity index (χ4v) is 0.422. The maximum Gasteiger partial charge on any atom is 0.0585 e. The van der Waals surface area contributed by atoms with E-state index < -0.39 is 0 Å². The van der Waals surface area contributed by atoms with Gasteiger partial charge in [0.2, 0.25) is 0 Å². The van der Waals surface area contributed by atoms with Crippen LogP contribution < -0.4 is 11.5 Å². The van der Waals surface area contributed by atoms with Crippen LogP contribution in [0.2, 0.25) is 0 Å². The van der Waals surface area contributed by atoms with Gasteiger partial charge in [-0.25, -0.2) is 0 Å². The van der Waals surface area contributed by atoms with Crippen LogP contribution in [-0.4, -0.2) is 35.5 Å². The van der Waals surface area contributed by atoms with E-state index in [2.05, 4.69) is 0 Å². The first-order valence-electron chi connectivity index (χ1n) is 5.09. The molecule has 0 fully saturated rings. The molecule has 1 unspecified atom stereocenters. The SMILES string of the molecule is CC(C)C(N)CO.CC(C)[C@H](N)CO. The zero-order chi connectivity index (χ0) is 11.7. The highest BCUT2D eigenvalue weighted by Gasteiger charge is 2.03. The maximum atomic E-state index is 8.38. The second kappa shape index (κ2) is 9.40. The monoisotopic (exact) mass is 206 g/mol. The molecule has 0 aromatic rings. The molecular weight excluding hydrogens is 180 g/mol. The lowest BCUT2D eigenvalue weighted by atomic mass is 10.1. The van der Waals surface area contributed by atoms with Crippen molar-refractivity contribution in [3.05, 3.63) is 0 Å². The van der Waals surface area contributed by atoms with Gasteiger partial charge < -0.3 is 21.7 Å². The third-order valence-electron chi connectivity index (χ3n) is 2.13. The highest BCUT2D eigenvalue weighted by Crippen LogP contribution is 1.95. The number of rotatable bonds is 4. The molecule has 88 valence electrons. The van der Waals surface area contributed by atoms with E-state index in [4.69, 9.17) is 21.7 Å². The molecule has 0 aliphatic carbocycles. The van der Waals surface area contributed by atoms with Crippen molar-refractivity contribution in [1.82, 2.24) is 0 Å². The van der Waals surface area contributed by atoms with Gasteiger partial charge in [-0.3, -0.25) is 0 Å². The minimum atomic E-state index is -0.0417. The van der Waals surface area contributed by atoms with E-state index in [-0.39, 0.29) is 25.3 Å². The van der Waals surface area contributed by atoms with E-state index in [9.17, 15) is 0 Å². The van der Waals surface area contributed by atoms with Gasteiger partial charge in [-0.2, -0.15) is 0 Å². The second-order valence-electron chi connectivity index (χ2n) is 4.18. The summed E-state index contributed by atoms with van der Waals surface area (Å²) in [4.78, 5) is 0. The lowest BCUT2D eigenvalue weighted by Gasteiger charge is -2.10. The van der Waals surface area contributed by atoms with Crippen molar-refractivity contribution in [3.63, 3.8) is 0 Å². The smallest absolute Gasteiger partial charge is 0.0585 e. The standard InChI is InChI=1S/2C5H13NO/c2*1-4(2)5(6)3-7/h2*4-5,7H,3,6H2,1-2H3/t5-;/m1./s1. The molecule has 0 amide bonds. The Kier molecular flexibility index (Phi) is 10.9. The number of hydrogen-bond acceptors (Lipinski definition) is 4. The van der Waals surface area contributed by atoms with Gasteiger partial charge in [0.1, 0.15) is 0 Å². The van der Waals surface area contributed by atoms with Gasteiger partial charge in [-0.05, 0) is 11.8 Å². The van der Waals surface area contributed by atoms with Gasteiger partial charge in [-0.1, -0.05) is 27.7 Å². The molecule has 14 heavy (non-hydrogen) atoms. The van der Waals surface area contributed by atoms with E-state index in [1.165, 1.54) is 0 Å². The predicted octanol–water partition coefficient (Wildman–Crippen LogP) is -0.0760. The van der Waals surface area contributed by atoms with E-state index in [0.29, 0.717) is 11.8 Å². The zero-order valence-corrected chi connectivity index (χ0v) is 9.77. The third-order valence-corrected chi connectivity index (χ3v) is 2.13. The predicted molar refractivity (Wildman–Crippen MR) is 59.8 cm³/mol. The Morgan fingerprint density at radius 3 is 1.00 bits per heavy atom. The average molecular weight is 206 g/mol. The molecule has 0 saturated heterocycles. The quantitative estimate of drug-likeness (QED) is 0.518. The lowest BCUT2D eigenvalue weighted by molar-refractivity contribution is 0.238. The van der Waals surface area contributed by atoms with Crippen LogP contribution in [0.5, 0.6) is 0 Å². The summed E-state index contributed by atoms with van der Waals surface area (Å²) in [5.74, 6) is 0.787. The Balaban J connectivity index is 0. The normalized spacial score (nSPS) is 15.0. The van der Waals surface area contributed by atoms with Crippen LogP contribution in [0.15, 0.2) is 0 Å². The summed E-state index contributed by atoms with van der Waals surface area (Å²) in [6.45, 7) is 8.14. The Morgan fingerprint density at radius 1 is 0.786 bits per heavy atom. The Labute approximate surface area is 87.3 Å². The van der Waals surface area contributed by atoms with Gasteiger partial charge >= 0.3 is 0 Å². The molecule has 0 rings (SSSR count). The summed E-state index contributed by atoms with van der Waals surface area (Å²) in [6, 6.07) is -0.0833. The fourth-order valence-electron chi connectivity index (χ4n) is 0.422. The largest absolute Gasteiger partial charge is 0.395 e. The molecule has 0 aromatic heterocycles. The van der Waals surface area contributed by atoms with Gasteiger partial charge in [0, 0.05) is 12.1 Å². The number of aliphatic hydroxyl groups excluding tert-OH is 2. The summed E-state index contributed by atoms with van der Waals surface area (Å²) >= 11 is 0. The summed E-state index contributed by atoms with van der Waals surface area (Å²) < 4.78 is 0. The molecule has 0 radical (unpaired) electrons. The molecule has 6 N–H and O–H groups in total. The number of hydrogen-bond donors (Lipinski definition) is 4. The van der Waals surface area contributed by atoms with Gasteiger partial charge in [0.15, 0.2) is 0 Å². The molecule has 0 saturated carbocycles. The van der Waals surface area contributed by atoms with E-state index in [1.54, 1.807) is 0 Å². The minimum Gasteiger partial charge on any atom is -0.395 e. The lowest BCUT2D eigenvalue weighted by Crippen LogP contribution is -2.29. The first-order chi connectivity index (χ1) is 6.36. The summed E-state index contributed by atoms with van der Waals surface area (Å²) in [6.07, 6.45) is 0. The molecular formula is C10H26N2O2. The van der Waals surface area contributed by atoms with Gasteiger partial charge in [0.05, 0.1) is 13.2 Å². The van der Waals surface area contributed by atoms with Crippen molar-refractivity contribution in [3.8, 4) is 0 Å². The highest BCUT2D eigenvalue weighted by molar-refractivity contribution is 4.61. The van der Waals surface area contributed by atoms with Gasteiger partial charge in [0.25, 0.3) is 0 Å². The topological polar surface area (TPSA) is 92.5 Å². The molecule has 4 nitrogen and oxygen atoms in total. The molecule has 0 bridgehead atoms.